The third-order valence-corrected chi connectivity index (χ3v) is 1.96. The van der Waals surface area contributed by atoms with Crippen molar-refractivity contribution in [1.29, 1.82) is 5.26 Å². The Bertz CT molecular complexity index is 125. The highest BCUT2D eigenvalue weighted by Crippen LogP contribution is 2.14. The lowest BCUT2D eigenvalue weighted by atomic mass is 10.2. The van der Waals surface area contributed by atoms with E-state index in [1.807, 2.05) is 0 Å². The van der Waals surface area contributed by atoms with Gasteiger partial charge in [0.25, 0.3) is 0 Å². The summed E-state index contributed by atoms with van der Waals surface area (Å²) in [5, 5.41) is 8.35. The number of nitriles is 1. The Kier molecular flexibility index (Phi) is 2.07. The van der Waals surface area contributed by atoms with Gasteiger partial charge in [-0.05, 0) is 26.3 Å². The zero-order valence-electron chi connectivity index (χ0n) is 5.80. The Morgan fingerprint density at radius 2 is 2.56 bits per heavy atom. The van der Waals surface area contributed by atoms with E-state index in [1.165, 1.54) is 12.8 Å². The Morgan fingerprint density at radius 1 is 1.78 bits per heavy atom. The second kappa shape index (κ2) is 2.84. The van der Waals surface area contributed by atoms with Gasteiger partial charge in [0, 0.05) is 6.04 Å². The van der Waals surface area contributed by atoms with Crippen LogP contribution in [0.3, 0.4) is 0 Å². The Balaban J connectivity index is 2.33. The van der Waals surface area contributed by atoms with Crippen LogP contribution in [0.15, 0.2) is 0 Å². The number of hydrogen-bond donors (Lipinski definition) is 0. The largest absolute Gasteiger partial charge is 0.288 e. The summed E-state index contributed by atoms with van der Waals surface area (Å²) in [5.74, 6) is 0. The summed E-state index contributed by atoms with van der Waals surface area (Å²) >= 11 is 0. The van der Waals surface area contributed by atoms with Crippen molar-refractivity contribution in [3.05, 3.63) is 0 Å². The number of hydrogen-bond acceptors (Lipinski definition) is 2. The third kappa shape index (κ3) is 1.43. The summed E-state index contributed by atoms with van der Waals surface area (Å²) in [5.41, 5.74) is 0. The molecule has 0 spiro atoms. The van der Waals surface area contributed by atoms with E-state index >= 15 is 0 Å². The van der Waals surface area contributed by atoms with E-state index < -0.39 is 0 Å². The molecule has 0 bridgehead atoms. The lowest BCUT2D eigenvalue weighted by Gasteiger charge is -2.15. The van der Waals surface area contributed by atoms with Crippen LogP contribution in [0.2, 0.25) is 0 Å². The second-order valence-corrected chi connectivity index (χ2v) is 2.62. The van der Waals surface area contributed by atoms with Gasteiger partial charge in [-0.15, -0.1) is 0 Å². The van der Waals surface area contributed by atoms with E-state index in [1.54, 1.807) is 0 Å². The standard InChI is InChI=1S/C7H12N2/c1-7-3-2-5-9(7)6-4-8/h7H,2-3,5-6H2,1H3/t7-/m0/s1. The highest BCUT2D eigenvalue weighted by atomic mass is 15.2. The van der Waals surface area contributed by atoms with Gasteiger partial charge in [0.15, 0.2) is 0 Å². The summed E-state index contributed by atoms with van der Waals surface area (Å²) in [6, 6.07) is 2.81. The van der Waals surface area contributed by atoms with Crippen LogP contribution in [0.4, 0.5) is 0 Å². The van der Waals surface area contributed by atoms with Gasteiger partial charge in [0.05, 0.1) is 12.6 Å². The predicted molar refractivity (Wildman–Crippen MR) is 35.9 cm³/mol. The van der Waals surface area contributed by atoms with Crippen LogP contribution in [0.5, 0.6) is 0 Å². The zero-order valence-corrected chi connectivity index (χ0v) is 5.80. The Hall–Kier alpha value is -0.550. The van der Waals surface area contributed by atoms with Crippen LogP contribution in [-0.2, 0) is 0 Å². The maximum atomic E-state index is 8.35. The molecule has 1 heterocycles. The number of rotatable bonds is 1. The van der Waals surface area contributed by atoms with Gasteiger partial charge in [0.1, 0.15) is 0 Å². The maximum absolute atomic E-state index is 8.35. The summed E-state index contributed by atoms with van der Waals surface area (Å²) < 4.78 is 0. The van der Waals surface area contributed by atoms with Gasteiger partial charge >= 0.3 is 0 Å². The SMILES string of the molecule is C[C@H]1CCCN1CC#N. The molecule has 0 unspecified atom stereocenters. The van der Waals surface area contributed by atoms with Crippen LogP contribution in [-0.4, -0.2) is 24.0 Å². The summed E-state index contributed by atoms with van der Waals surface area (Å²) in [4.78, 5) is 2.22. The molecule has 9 heavy (non-hydrogen) atoms. The summed E-state index contributed by atoms with van der Waals surface area (Å²) in [6.07, 6.45) is 2.53. The molecule has 2 heteroatoms. The highest BCUT2D eigenvalue weighted by molar-refractivity contribution is 4.83. The molecule has 0 amide bonds. The lowest BCUT2D eigenvalue weighted by molar-refractivity contribution is 0.301. The fourth-order valence-electron chi connectivity index (χ4n) is 1.32. The number of nitrogens with zero attached hydrogens (tertiary/aromatic N) is 2. The molecule has 0 radical (unpaired) electrons. The van der Waals surface area contributed by atoms with E-state index in [2.05, 4.69) is 17.9 Å². The van der Waals surface area contributed by atoms with Gasteiger partial charge < -0.3 is 0 Å². The van der Waals surface area contributed by atoms with Crippen molar-refractivity contribution >= 4 is 0 Å². The Labute approximate surface area is 56.1 Å². The normalized spacial score (nSPS) is 28.2. The van der Waals surface area contributed by atoms with E-state index in [0.29, 0.717) is 12.6 Å². The van der Waals surface area contributed by atoms with Crippen LogP contribution in [0, 0.1) is 11.3 Å². The molecule has 1 saturated heterocycles. The van der Waals surface area contributed by atoms with Gasteiger partial charge in [-0.3, -0.25) is 4.90 Å². The predicted octanol–water partition coefficient (Wildman–Crippen LogP) is 0.994. The molecule has 1 fully saturated rings. The zero-order chi connectivity index (χ0) is 6.69. The van der Waals surface area contributed by atoms with Crippen LogP contribution in [0.25, 0.3) is 0 Å². The molecule has 2 nitrogen and oxygen atoms in total. The van der Waals surface area contributed by atoms with E-state index in [0.717, 1.165) is 6.54 Å². The third-order valence-electron chi connectivity index (χ3n) is 1.96. The van der Waals surface area contributed by atoms with Crippen LogP contribution < -0.4 is 0 Å². The van der Waals surface area contributed by atoms with Crippen molar-refractivity contribution in [2.45, 2.75) is 25.8 Å². The molecule has 0 aliphatic carbocycles. The lowest BCUT2D eigenvalue weighted by Crippen LogP contribution is -2.26. The van der Waals surface area contributed by atoms with Gasteiger partial charge in [-0.25, -0.2) is 0 Å². The molecule has 50 valence electrons. The maximum Gasteiger partial charge on any atom is 0.0868 e. The molecular weight excluding hydrogens is 112 g/mol. The minimum Gasteiger partial charge on any atom is -0.288 e. The van der Waals surface area contributed by atoms with E-state index in [-0.39, 0.29) is 0 Å². The Morgan fingerprint density at radius 3 is 3.00 bits per heavy atom. The quantitative estimate of drug-likeness (QED) is 0.487. The summed E-state index contributed by atoms with van der Waals surface area (Å²) in [7, 11) is 0. The summed E-state index contributed by atoms with van der Waals surface area (Å²) in [6.45, 7) is 3.92. The van der Waals surface area contributed by atoms with E-state index in [9.17, 15) is 0 Å². The van der Waals surface area contributed by atoms with Crippen LogP contribution >= 0.6 is 0 Å². The van der Waals surface area contributed by atoms with Crippen molar-refractivity contribution in [2.24, 2.45) is 0 Å². The smallest absolute Gasteiger partial charge is 0.0868 e. The minimum atomic E-state index is 0.612. The van der Waals surface area contributed by atoms with Gasteiger partial charge in [-0.2, -0.15) is 5.26 Å². The van der Waals surface area contributed by atoms with E-state index in [4.69, 9.17) is 5.26 Å². The van der Waals surface area contributed by atoms with Crippen molar-refractivity contribution in [3.63, 3.8) is 0 Å². The second-order valence-electron chi connectivity index (χ2n) is 2.62. The molecule has 0 saturated carbocycles. The molecule has 0 aromatic rings. The van der Waals surface area contributed by atoms with Crippen molar-refractivity contribution in [3.8, 4) is 6.07 Å². The number of likely N-dealkylation sites (tertiary alicyclic amines) is 1. The van der Waals surface area contributed by atoms with Crippen molar-refractivity contribution in [2.75, 3.05) is 13.1 Å². The van der Waals surface area contributed by atoms with Crippen LogP contribution in [0.1, 0.15) is 19.8 Å². The first-order valence-electron chi connectivity index (χ1n) is 3.45. The fourth-order valence-corrected chi connectivity index (χ4v) is 1.32. The topological polar surface area (TPSA) is 27.0 Å². The molecule has 0 N–H and O–H groups in total. The molecule has 1 atom stereocenters. The molecule has 0 aromatic heterocycles. The minimum absolute atomic E-state index is 0.612. The first kappa shape index (κ1) is 6.57. The fraction of sp³-hybridized carbons (Fsp3) is 0.857. The average molecular weight is 124 g/mol. The molecule has 1 aliphatic heterocycles. The van der Waals surface area contributed by atoms with Gasteiger partial charge in [0.2, 0.25) is 0 Å². The van der Waals surface area contributed by atoms with Crippen molar-refractivity contribution in [1.82, 2.24) is 4.90 Å². The first-order chi connectivity index (χ1) is 4.34. The highest BCUT2D eigenvalue weighted by Gasteiger charge is 2.18. The molecule has 1 aliphatic rings. The average Bonchev–Trinajstić information content (AvgIpc) is 2.18. The van der Waals surface area contributed by atoms with Crippen molar-refractivity contribution < 1.29 is 0 Å². The monoisotopic (exact) mass is 124 g/mol. The molecular formula is C7H12N2. The first-order valence-corrected chi connectivity index (χ1v) is 3.45. The van der Waals surface area contributed by atoms with Gasteiger partial charge in [-0.1, -0.05) is 0 Å². The molecule has 1 rings (SSSR count). The molecule has 0 aromatic carbocycles.